The van der Waals surface area contributed by atoms with E-state index in [0.29, 0.717) is 6.61 Å². The first-order valence-electron chi connectivity index (χ1n) is 6.52. The SMILES string of the molecule is Cc1cc(C)cc(COc2cccc([C@@H](C)O)c2)c1. The Bertz CT molecular complexity index is 539. The first-order chi connectivity index (χ1) is 9.04. The van der Waals surface area contributed by atoms with E-state index in [1.807, 2.05) is 24.3 Å². The molecule has 19 heavy (non-hydrogen) atoms. The predicted octanol–water partition coefficient (Wildman–Crippen LogP) is 3.94. The maximum Gasteiger partial charge on any atom is 0.120 e. The molecular weight excluding hydrogens is 236 g/mol. The summed E-state index contributed by atoms with van der Waals surface area (Å²) in [6.45, 7) is 6.48. The maximum absolute atomic E-state index is 9.55. The predicted molar refractivity (Wildman–Crippen MR) is 77.3 cm³/mol. The molecule has 0 aromatic heterocycles. The minimum Gasteiger partial charge on any atom is -0.489 e. The summed E-state index contributed by atoms with van der Waals surface area (Å²) in [5.74, 6) is 0.789. The molecule has 0 amide bonds. The molecule has 0 unspecified atom stereocenters. The van der Waals surface area contributed by atoms with Crippen molar-refractivity contribution in [1.82, 2.24) is 0 Å². The molecule has 1 atom stereocenters. The van der Waals surface area contributed by atoms with Crippen LogP contribution < -0.4 is 4.74 Å². The molecule has 2 aromatic rings. The van der Waals surface area contributed by atoms with Gasteiger partial charge in [0.25, 0.3) is 0 Å². The molecule has 0 fully saturated rings. The standard InChI is InChI=1S/C17H20O2/c1-12-7-13(2)9-15(8-12)11-19-17-6-4-5-16(10-17)14(3)18/h4-10,14,18H,11H2,1-3H3/t14-/m1/s1. The van der Waals surface area contributed by atoms with E-state index in [9.17, 15) is 5.11 Å². The molecular formula is C17H20O2. The van der Waals surface area contributed by atoms with E-state index in [1.54, 1.807) is 6.92 Å². The lowest BCUT2D eigenvalue weighted by Crippen LogP contribution is -1.98. The zero-order valence-electron chi connectivity index (χ0n) is 11.7. The van der Waals surface area contributed by atoms with Gasteiger partial charge in [-0.25, -0.2) is 0 Å². The highest BCUT2D eigenvalue weighted by Crippen LogP contribution is 2.20. The van der Waals surface area contributed by atoms with Crippen molar-refractivity contribution in [3.63, 3.8) is 0 Å². The van der Waals surface area contributed by atoms with Gasteiger partial charge in [0.1, 0.15) is 12.4 Å². The Balaban J connectivity index is 2.07. The monoisotopic (exact) mass is 256 g/mol. The van der Waals surface area contributed by atoms with Crippen LogP contribution in [0.15, 0.2) is 42.5 Å². The van der Waals surface area contributed by atoms with Gasteiger partial charge in [-0.1, -0.05) is 41.5 Å². The Morgan fingerprint density at radius 2 is 1.74 bits per heavy atom. The van der Waals surface area contributed by atoms with Crippen LogP contribution in [0, 0.1) is 13.8 Å². The van der Waals surface area contributed by atoms with Gasteiger partial charge in [0.15, 0.2) is 0 Å². The highest BCUT2D eigenvalue weighted by atomic mass is 16.5. The van der Waals surface area contributed by atoms with E-state index in [1.165, 1.54) is 16.7 Å². The minimum absolute atomic E-state index is 0.468. The topological polar surface area (TPSA) is 29.5 Å². The quantitative estimate of drug-likeness (QED) is 0.898. The van der Waals surface area contributed by atoms with E-state index in [2.05, 4.69) is 32.0 Å². The molecule has 1 N–H and O–H groups in total. The molecule has 0 aliphatic rings. The van der Waals surface area contributed by atoms with Crippen LogP contribution in [-0.2, 0) is 6.61 Å². The second-order valence-corrected chi connectivity index (χ2v) is 5.03. The zero-order chi connectivity index (χ0) is 13.8. The molecule has 100 valence electrons. The Hall–Kier alpha value is -1.80. The number of aryl methyl sites for hydroxylation is 2. The van der Waals surface area contributed by atoms with E-state index in [4.69, 9.17) is 4.74 Å². The Labute approximate surface area is 114 Å². The minimum atomic E-state index is -0.468. The highest BCUT2D eigenvalue weighted by Gasteiger charge is 2.03. The van der Waals surface area contributed by atoms with Gasteiger partial charge in [-0.05, 0) is 44.0 Å². The van der Waals surface area contributed by atoms with E-state index < -0.39 is 6.10 Å². The van der Waals surface area contributed by atoms with Gasteiger partial charge in [-0.2, -0.15) is 0 Å². The van der Waals surface area contributed by atoms with E-state index in [0.717, 1.165) is 11.3 Å². The van der Waals surface area contributed by atoms with Gasteiger partial charge in [-0.15, -0.1) is 0 Å². The number of hydrogen-bond donors (Lipinski definition) is 1. The summed E-state index contributed by atoms with van der Waals surface area (Å²) in [6, 6.07) is 14.0. The summed E-state index contributed by atoms with van der Waals surface area (Å²) >= 11 is 0. The van der Waals surface area contributed by atoms with E-state index in [-0.39, 0.29) is 0 Å². The third-order valence-corrected chi connectivity index (χ3v) is 3.03. The fourth-order valence-corrected chi connectivity index (χ4v) is 2.18. The lowest BCUT2D eigenvalue weighted by molar-refractivity contribution is 0.198. The smallest absolute Gasteiger partial charge is 0.120 e. The third-order valence-electron chi connectivity index (χ3n) is 3.03. The molecule has 2 nitrogen and oxygen atoms in total. The van der Waals surface area contributed by atoms with Crippen molar-refractivity contribution in [2.45, 2.75) is 33.5 Å². The number of aliphatic hydroxyl groups excluding tert-OH is 1. The fraction of sp³-hybridized carbons (Fsp3) is 0.294. The van der Waals surface area contributed by atoms with Gasteiger partial charge in [-0.3, -0.25) is 0 Å². The Morgan fingerprint density at radius 3 is 2.37 bits per heavy atom. The van der Waals surface area contributed by atoms with Crippen molar-refractivity contribution in [2.75, 3.05) is 0 Å². The summed E-state index contributed by atoms with van der Waals surface area (Å²) in [4.78, 5) is 0. The van der Waals surface area contributed by atoms with Crippen molar-refractivity contribution in [3.05, 3.63) is 64.7 Å². The van der Waals surface area contributed by atoms with Gasteiger partial charge in [0, 0.05) is 0 Å². The zero-order valence-corrected chi connectivity index (χ0v) is 11.7. The summed E-state index contributed by atoms with van der Waals surface area (Å²) in [5, 5.41) is 9.55. The van der Waals surface area contributed by atoms with Gasteiger partial charge < -0.3 is 9.84 Å². The van der Waals surface area contributed by atoms with Crippen molar-refractivity contribution >= 4 is 0 Å². The van der Waals surface area contributed by atoms with Gasteiger partial charge in [0.2, 0.25) is 0 Å². The van der Waals surface area contributed by atoms with Crippen LogP contribution in [0.5, 0.6) is 5.75 Å². The number of ether oxygens (including phenoxy) is 1. The summed E-state index contributed by atoms with van der Waals surface area (Å²) in [7, 11) is 0. The summed E-state index contributed by atoms with van der Waals surface area (Å²) in [6.07, 6.45) is -0.468. The Morgan fingerprint density at radius 1 is 1.05 bits per heavy atom. The van der Waals surface area contributed by atoms with Crippen LogP contribution in [0.1, 0.15) is 35.3 Å². The number of rotatable bonds is 4. The Kier molecular flexibility index (Phi) is 4.23. The molecule has 0 saturated carbocycles. The summed E-state index contributed by atoms with van der Waals surface area (Å²) in [5.41, 5.74) is 4.53. The maximum atomic E-state index is 9.55. The van der Waals surface area contributed by atoms with Crippen LogP contribution >= 0.6 is 0 Å². The molecule has 2 rings (SSSR count). The van der Waals surface area contributed by atoms with Crippen LogP contribution in [0.25, 0.3) is 0 Å². The molecule has 0 heterocycles. The molecule has 0 radical (unpaired) electrons. The van der Waals surface area contributed by atoms with Crippen LogP contribution in [-0.4, -0.2) is 5.11 Å². The lowest BCUT2D eigenvalue weighted by Gasteiger charge is -2.10. The first-order valence-corrected chi connectivity index (χ1v) is 6.52. The molecule has 0 aliphatic heterocycles. The second kappa shape index (κ2) is 5.89. The number of aliphatic hydroxyl groups is 1. The normalized spacial score (nSPS) is 12.2. The molecule has 0 aliphatic carbocycles. The number of hydrogen-bond acceptors (Lipinski definition) is 2. The van der Waals surface area contributed by atoms with Crippen molar-refractivity contribution in [3.8, 4) is 5.75 Å². The molecule has 0 bridgehead atoms. The largest absolute Gasteiger partial charge is 0.489 e. The van der Waals surface area contributed by atoms with Crippen molar-refractivity contribution in [1.29, 1.82) is 0 Å². The second-order valence-electron chi connectivity index (χ2n) is 5.03. The van der Waals surface area contributed by atoms with Gasteiger partial charge in [0.05, 0.1) is 6.10 Å². The van der Waals surface area contributed by atoms with Crippen LogP contribution in [0.4, 0.5) is 0 Å². The summed E-state index contributed by atoms with van der Waals surface area (Å²) < 4.78 is 5.78. The average molecular weight is 256 g/mol. The van der Waals surface area contributed by atoms with Crippen molar-refractivity contribution in [2.24, 2.45) is 0 Å². The lowest BCUT2D eigenvalue weighted by atomic mass is 10.1. The first kappa shape index (κ1) is 13.6. The molecule has 2 aromatic carbocycles. The van der Waals surface area contributed by atoms with Crippen LogP contribution in [0.2, 0.25) is 0 Å². The third kappa shape index (κ3) is 3.83. The van der Waals surface area contributed by atoms with Crippen LogP contribution in [0.3, 0.4) is 0 Å². The van der Waals surface area contributed by atoms with E-state index >= 15 is 0 Å². The fourth-order valence-electron chi connectivity index (χ4n) is 2.18. The highest BCUT2D eigenvalue weighted by molar-refractivity contribution is 5.31. The average Bonchev–Trinajstić information content (AvgIpc) is 2.35. The molecule has 0 saturated heterocycles. The molecule has 2 heteroatoms. The van der Waals surface area contributed by atoms with Gasteiger partial charge >= 0.3 is 0 Å². The molecule has 0 spiro atoms. The number of benzene rings is 2. The van der Waals surface area contributed by atoms with Crippen molar-refractivity contribution < 1.29 is 9.84 Å².